The summed E-state index contributed by atoms with van der Waals surface area (Å²) in [5, 5.41) is 12.7. The molecular weight excluding hydrogens is 352 g/mol. The van der Waals surface area contributed by atoms with Crippen molar-refractivity contribution in [3.8, 4) is 6.07 Å². The van der Waals surface area contributed by atoms with Crippen LogP contribution in [-0.2, 0) is 11.3 Å². The second-order valence-corrected chi connectivity index (χ2v) is 7.37. The minimum Gasteiger partial charge on any atom is -0.378 e. The lowest BCUT2D eigenvalue weighted by Gasteiger charge is -2.33. The quantitative estimate of drug-likeness (QED) is 0.855. The molecule has 0 aliphatic carbocycles. The third-order valence-corrected chi connectivity index (χ3v) is 5.26. The number of ether oxygens (including phenoxy) is 1. The van der Waals surface area contributed by atoms with Gasteiger partial charge in [0.15, 0.2) is 0 Å². The molecular formula is C21H26N6O. The molecule has 28 heavy (non-hydrogen) atoms. The molecule has 2 fully saturated rings. The van der Waals surface area contributed by atoms with Crippen molar-refractivity contribution in [2.75, 3.05) is 49.6 Å². The third-order valence-electron chi connectivity index (χ3n) is 5.26. The van der Waals surface area contributed by atoms with Crippen molar-refractivity contribution in [2.24, 2.45) is 0 Å². The molecule has 7 heteroatoms. The number of hydrogen-bond donors (Lipinski definition) is 1. The van der Waals surface area contributed by atoms with Crippen LogP contribution < -0.4 is 10.2 Å². The fourth-order valence-corrected chi connectivity index (χ4v) is 3.87. The molecule has 0 saturated carbocycles. The topological polar surface area (TPSA) is 77.3 Å². The first-order valence-electron chi connectivity index (χ1n) is 9.94. The molecule has 1 aromatic carbocycles. The highest BCUT2D eigenvalue weighted by atomic mass is 16.5. The molecule has 2 aliphatic rings. The summed E-state index contributed by atoms with van der Waals surface area (Å²) in [5.74, 6) is 1.66. The van der Waals surface area contributed by atoms with E-state index in [0.29, 0.717) is 6.04 Å². The Balaban J connectivity index is 1.36. The van der Waals surface area contributed by atoms with Gasteiger partial charge in [-0.25, -0.2) is 4.98 Å². The summed E-state index contributed by atoms with van der Waals surface area (Å²) in [6.07, 6.45) is 4.11. The lowest BCUT2D eigenvalue weighted by Crippen LogP contribution is -2.42. The van der Waals surface area contributed by atoms with Crippen LogP contribution in [0.1, 0.15) is 24.0 Å². The molecule has 0 bridgehead atoms. The van der Waals surface area contributed by atoms with E-state index in [4.69, 9.17) is 15.0 Å². The second-order valence-electron chi connectivity index (χ2n) is 7.37. The number of anilines is 2. The van der Waals surface area contributed by atoms with Crippen LogP contribution in [0.2, 0.25) is 0 Å². The van der Waals surface area contributed by atoms with Crippen molar-refractivity contribution in [1.82, 2.24) is 14.9 Å². The van der Waals surface area contributed by atoms with Crippen molar-refractivity contribution in [1.29, 1.82) is 5.26 Å². The van der Waals surface area contributed by atoms with Gasteiger partial charge in [-0.05, 0) is 43.1 Å². The van der Waals surface area contributed by atoms with Crippen LogP contribution in [0, 0.1) is 11.3 Å². The van der Waals surface area contributed by atoms with E-state index in [1.165, 1.54) is 5.56 Å². The Labute approximate surface area is 166 Å². The zero-order chi connectivity index (χ0) is 19.2. The van der Waals surface area contributed by atoms with Crippen molar-refractivity contribution in [2.45, 2.75) is 25.4 Å². The lowest BCUT2D eigenvalue weighted by molar-refractivity contribution is 0.122. The average molecular weight is 378 g/mol. The van der Waals surface area contributed by atoms with Gasteiger partial charge in [-0.3, -0.25) is 4.90 Å². The van der Waals surface area contributed by atoms with E-state index in [2.05, 4.69) is 32.2 Å². The van der Waals surface area contributed by atoms with Crippen molar-refractivity contribution >= 4 is 11.8 Å². The average Bonchev–Trinajstić information content (AvgIpc) is 2.75. The van der Waals surface area contributed by atoms with Gasteiger partial charge in [0.05, 0.1) is 24.8 Å². The summed E-state index contributed by atoms with van der Waals surface area (Å²) in [5.41, 5.74) is 1.91. The molecule has 7 nitrogen and oxygen atoms in total. The number of piperidine rings is 1. The molecule has 0 radical (unpaired) electrons. The van der Waals surface area contributed by atoms with Gasteiger partial charge in [-0.2, -0.15) is 10.2 Å². The van der Waals surface area contributed by atoms with Gasteiger partial charge in [-0.15, -0.1) is 0 Å². The minimum atomic E-state index is 0.361. The predicted octanol–water partition coefficient (Wildman–Crippen LogP) is 2.26. The molecule has 2 aromatic rings. The number of likely N-dealkylation sites (tertiary alicyclic amines) is 1. The lowest BCUT2D eigenvalue weighted by atomic mass is 10.0. The summed E-state index contributed by atoms with van der Waals surface area (Å²) in [6, 6.07) is 12.4. The number of morpholine rings is 1. The fraction of sp³-hybridized carbons (Fsp3) is 0.476. The molecule has 1 atom stereocenters. The molecule has 1 aromatic heterocycles. The maximum atomic E-state index is 9.09. The van der Waals surface area contributed by atoms with Gasteiger partial charge in [0.2, 0.25) is 5.95 Å². The third kappa shape index (κ3) is 4.77. The first-order valence-corrected chi connectivity index (χ1v) is 9.94. The molecule has 0 spiro atoms. The summed E-state index contributed by atoms with van der Waals surface area (Å²) in [4.78, 5) is 13.8. The Bertz CT molecular complexity index is 830. The second kappa shape index (κ2) is 9.00. The SMILES string of the molecule is N#Cc1cccc(CN2CCCC(Nc3ccnc(N4CCOCC4)n3)C2)c1. The number of benzene rings is 1. The Kier molecular flexibility index (Phi) is 6.00. The van der Waals surface area contributed by atoms with E-state index >= 15 is 0 Å². The standard InChI is InChI=1S/C21H26N6O/c22-14-17-3-1-4-18(13-17)15-26-8-2-5-19(16-26)24-20-6-7-23-21(25-20)27-9-11-28-12-10-27/h1,3-4,6-7,13,19H,2,5,8-12,15-16H2,(H,23,24,25). The Morgan fingerprint density at radius 2 is 2.11 bits per heavy atom. The molecule has 2 saturated heterocycles. The number of nitrogens with zero attached hydrogens (tertiary/aromatic N) is 5. The summed E-state index contributed by atoms with van der Waals surface area (Å²) in [6.45, 7) is 6.05. The van der Waals surface area contributed by atoms with Gasteiger partial charge in [-0.1, -0.05) is 12.1 Å². The van der Waals surface area contributed by atoms with Gasteiger partial charge in [0, 0.05) is 38.4 Å². The van der Waals surface area contributed by atoms with E-state index in [1.807, 2.05) is 30.5 Å². The molecule has 146 valence electrons. The summed E-state index contributed by atoms with van der Waals surface area (Å²) < 4.78 is 5.41. The Morgan fingerprint density at radius 3 is 2.96 bits per heavy atom. The predicted molar refractivity (Wildman–Crippen MR) is 108 cm³/mol. The zero-order valence-corrected chi connectivity index (χ0v) is 16.0. The van der Waals surface area contributed by atoms with E-state index in [-0.39, 0.29) is 0 Å². The van der Waals surface area contributed by atoms with Gasteiger partial charge >= 0.3 is 0 Å². The first kappa shape index (κ1) is 18.7. The van der Waals surface area contributed by atoms with E-state index in [9.17, 15) is 0 Å². The highest BCUT2D eigenvalue weighted by molar-refractivity contribution is 5.42. The number of nitriles is 1. The normalized spacial score (nSPS) is 20.5. The van der Waals surface area contributed by atoms with Gasteiger partial charge in [0.25, 0.3) is 0 Å². The Hall–Kier alpha value is -2.69. The number of hydrogen-bond acceptors (Lipinski definition) is 7. The smallest absolute Gasteiger partial charge is 0.227 e. The van der Waals surface area contributed by atoms with Crippen molar-refractivity contribution in [3.63, 3.8) is 0 Å². The fourth-order valence-electron chi connectivity index (χ4n) is 3.87. The van der Waals surface area contributed by atoms with E-state index in [1.54, 1.807) is 0 Å². The van der Waals surface area contributed by atoms with Crippen LogP contribution >= 0.6 is 0 Å². The van der Waals surface area contributed by atoms with Crippen LogP contribution in [0.4, 0.5) is 11.8 Å². The first-order chi connectivity index (χ1) is 13.8. The summed E-state index contributed by atoms with van der Waals surface area (Å²) in [7, 11) is 0. The highest BCUT2D eigenvalue weighted by Crippen LogP contribution is 2.19. The van der Waals surface area contributed by atoms with E-state index in [0.717, 1.165) is 76.1 Å². The number of rotatable bonds is 5. The van der Waals surface area contributed by atoms with Crippen LogP contribution in [0.15, 0.2) is 36.5 Å². The highest BCUT2D eigenvalue weighted by Gasteiger charge is 2.21. The van der Waals surface area contributed by atoms with Crippen LogP contribution in [0.5, 0.6) is 0 Å². The van der Waals surface area contributed by atoms with Gasteiger partial charge < -0.3 is 15.0 Å². The zero-order valence-electron chi connectivity index (χ0n) is 16.0. The molecule has 0 amide bonds. The molecule has 1 unspecified atom stereocenters. The molecule has 3 heterocycles. The van der Waals surface area contributed by atoms with E-state index < -0.39 is 0 Å². The molecule has 1 N–H and O–H groups in total. The largest absolute Gasteiger partial charge is 0.378 e. The number of aromatic nitrogens is 2. The minimum absolute atomic E-state index is 0.361. The van der Waals surface area contributed by atoms with Crippen LogP contribution in [0.25, 0.3) is 0 Å². The van der Waals surface area contributed by atoms with Crippen molar-refractivity contribution in [3.05, 3.63) is 47.7 Å². The summed E-state index contributed by atoms with van der Waals surface area (Å²) >= 11 is 0. The molecule has 4 rings (SSSR count). The van der Waals surface area contributed by atoms with Gasteiger partial charge in [0.1, 0.15) is 5.82 Å². The van der Waals surface area contributed by atoms with Crippen LogP contribution in [-0.4, -0.2) is 60.3 Å². The maximum Gasteiger partial charge on any atom is 0.227 e. The molecule has 2 aliphatic heterocycles. The number of nitrogens with one attached hydrogen (secondary N) is 1. The van der Waals surface area contributed by atoms with Crippen molar-refractivity contribution < 1.29 is 4.74 Å². The Morgan fingerprint density at radius 1 is 1.21 bits per heavy atom. The monoisotopic (exact) mass is 378 g/mol. The van der Waals surface area contributed by atoms with Crippen LogP contribution in [0.3, 0.4) is 0 Å². The maximum absolute atomic E-state index is 9.09.